The number of unbranched alkanes of at least 4 members (excludes halogenated alkanes) is 16. The number of nitro groups is 3. The van der Waals surface area contributed by atoms with Crippen molar-refractivity contribution in [2.24, 2.45) is 0 Å². The molecule has 0 spiro atoms. The molecule has 0 aromatic heterocycles. The first-order valence-electron chi connectivity index (χ1n) is 30.7. The van der Waals surface area contributed by atoms with E-state index in [1.807, 2.05) is 0 Å². The summed E-state index contributed by atoms with van der Waals surface area (Å²) in [5.41, 5.74) is -1.93. The van der Waals surface area contributed by atoms with Gasteiger partial charge in [0.2, 0.25) is 11.5 Å². The number of benzene rings is 6. The number of rotatable bonds is 29. The molecule has 0 atom stereocenters. The van der Waals surface area contributed by atoms with Gasteiger partial charge >= 0.3 is 64.8 Å². The second-order valence-electron chi connectivity index (χ2n) is 21.2. The number of hydrogen-bond donors (Lipinski definition) is 14. The van der Waals surface area contributed by atoms with Crippen LogP contribution in [0.2, 0.25) is 0 Å². The Morgan fingerprint density at radius 2 is 0.667 bits per heavy atom. The van der Waals surface area contributed by atoms with E-state index in [1.165, 1.54) is 177 Å². The van der Waals surface area contributed by atoms with E-state index in [-0.39, 0.29) is 39.5 Å². The molecule has 14 N–H and O–H groups in total. The van der Waals surface area contributed by atoms with Crippen molar-refractivity contribution in [1.82, 2.24) is 0 Å². The van der Waals surface area contributed by atoms with Crippen LogP contribution in [0.4, 0.5) is 17.1 Å². The third-order valence-electron chi connectivity index (χ3n) is 13.1. The first kappa shape index (κ1) is 89.1. The SMILES string of the molecule is CCCCCCCCCCC(=O)O.CCCCCCCCCCCCC(=O)O.Cc1cc(C(=O)O)c(O)c([N+](=O)[O-])c1.Cc1cc(C(=O)O)c(O)c([N+](=O)[O-])c1.O=C(O)c1ccc(O)c([N+](=O)[O-])c1.O=C(O)c1ccc(O)cc1.O=C(O)c1cccc(O)c1.O=C(O)c1ccccc1O. The highest BCUT2D eigenvalue weighted by atomic mass is 16.6. The lowest BCUT2D eigenvalue weighted by Gasteiger charge is -2.01. The molecule has 0 bridgehead atoms. The number of carboxylic acids is 8. The zero-order valence-corrected chi connectivity index (χ0v) is 54.9. The standard InChI is InChI=1S/C13H26O2.C11H22O2.2C8H7NO5.C7H5NO5.3C7H6O3/c1-2-3-4-5-6-7-8-9-10-11-12-13(14)15;1-2-3-4-5-6-7-8-9-10-11(12)13;2*1-4-2-5(8(11)12)7(10)6(3-4)9(13)14;9-6-2-1-4(7(10)11)3-5(6)8(12)13;8-6-3-1-5(2-4-6)7(9)10;8-6-3-1-2-5(4-6)7(9)10;8-6-4-2-1-3-5(6)7(9)10/h2-12H2,1H3,(H,14,15);2-10H2,1H3,(H,12,13);2*2-3,10H,1H3,(H,11,12);1-3,9H,(H,10,11);3*1-4,8H,(H,9,10). The number of aromatic carboxylic acids is 6. The molecule has 0 saturated carbocycles. The van der Waals surface area contributed by atoms with E-state index < -0.39 is 108 Å². The third-order valence-corrected chi connectivity index (χ3v) is 13.1. The highest BCUT2D eigenvalue weighted by Crippen LogP contribution is 2.32. The molecule has 0 aliphatic rings. The van der Waals surface area contributed by atoms with Crippen molar-refractivity contribution in [3.63, 3.8) is 0 Å². The number of phenols is 6. The maximum absolute atomic E-state index is 10.6. The van der Waals surface area contributed by atoms with Gasteiger partial charge in [0.1, 0.15) is 33.9 Å². The van der Waals surface area contributed by atoms with Gasteiger partial charge in [-0.25, -0.2) is 28.8 Å². The molecular weight excluding hydrogens is 1310 g/mol. The summed E-state index contributed by atoms with van der Waals surface area (Å²) in [5.74, 6) is -10.8. The first-order valence-corrected chi connectivity index (χ1v) is 30.7. The number of nitro benzene ring substituents is 3. The smallest absolute Gasteiger partial charge is 0.339 e. The van der Waals surface area contributed by atoms with Crippen LogP contribution >= 0.6 is 0 Å². The molecule has 6 aromatic carbocycles. The fraction of sp³-hybridized carbons (Fsp3) is 0.353. The highest BCUT2D eigenvalue weighted by molar-refractivity contribution is 5.94. The van der Waals surface area contributed by atoms with E-state index in [0.29, 0.717) is 24.0 Å². The second kappa shape index (κ2) is 50.5. The van der Waals surface area contributed by atoms with Gasteiger partial charge in [-0.3, -0.25) is 39.9 Å². The van der Waals surface area contributed by atoms with E-state index in [0.717, 1.165) is 56.0 Å². The molecule has 31 heteroatoms. The Morgan fingerprint density at radius 3 is 0.970 bits per heavy atom. The van der Waals surface area contributed by atoms with Crippen LogP contribution in [0.3, 0.4) is 0 Å². The molecule has 0 radical (unpaired) electrons. The molecule has 540 valence electrons. The van der Waals surface area contributed by atoms with Gasteiger partial charge in [0.05, 0.1) is 31.5 Å². The van der Waals surface area contributed by atoms with Crippen molar-refractivity contribution in [2.45, 2.75) is 156 Å². The summed E-state index contributed by atoms with van der Waals surface area (Å²) in [5, 5.41) is 153. The van der Waals surface area contributed by atoms with Crippen molar-refractivity contribution < 1.29 is 125 Å². The Balaban J connectivity index is 0. The molecule has 6 aromatic rings. The van der Waals surface area contributed by atoms with Crippen LogP contribution in [-0.4, -0.2) is 134 Å². The van der Waals surface area contributed by atoms with Gasteiger partial charge in [-0.1, -0.05) is 135 Å². The number of phenolic OH excluding ortho intramolecular Hbond substituents is 3. The third kappa shape index (κ3) is 40.8. The van der Waals surface area contributed by atoms with Crippen LogP contribution in [0, 0.1) is 44.2 Å². The van der Waals surface area contributed by atoms with Gasteiger partial charge in [0.25, 0.3) is 0 Å². The lowest BCUT2D eigenvalue weighted by atomic mass is 10.1. The maximum atomic E-state index is 10.6. The number of aliphatic carboxylic acids is 2. The quantitative estimate of drug-likeness (QED) is 0.0118. The fourth-order valence-electron chi connectivity index (χ4n) is 8.00. The average molecular weight is 1390 g/mol. The van der Waals surface area contributed by atoms with Crippen molar-refractivity contribution in [3.05, 3.63) is 190 Å². The Hall–Kier alpha value is -11.9. The van der Waals surface area contributed by atoms with Crippen LogP contribution in [0.15, 0.2) is 115 Å². The molecule has 31 nitrogen and oxygen atoms in total. The highest BCUT2D eigenvalue weighted by Gasteiger charge is 2.23. The normalized spacial score (nSPS) is 9.74. The van der Waals surface area contributed by atoms with Gasteiger partial charge in [-0.2, -0.15) is 0 Å². The van der Waals surface area contributed by atoms with E-state index in [9.17, 15) is 78.9 Å². The summed E-state index contributed by atoms with van der Waals surface area (Å²) in [6.45, 7) is 7.48. The summed E-state index contributed by atoms with van der Waals surface area (Å²) < 4.78 is 0. The summed E-state index contributed by atoms with van der Waals surface area (Å²) in [6.07, 6.45) is 23.0. The van der Waals surface area contributed by atoms with Crippen LogP contribution in [0.25, 0.3) is 0 Å². The molecule has 99 heavy (non-hydrogen) atoms. The summed E-state index contributed by atoms with van der Waals surface area (Å²) in [7, 11) is 0. The van der Waals surface area contributed by atoms with Crippen LogP contribution in [0.5, 0.6) is 34.5 Å². The molecule has 0 amide bonds. The Labute approximate surface area is 568 Å². The van der Waals surface area contributed by atoms with Crippen LogP contribution < -0.4 is 0 Å². The Kier molecular flexibility index (Phi) is 45.5. The van der Waals surface area contributed by atoms with Gasteiger partial charge in [0, 0.05) is 31.0 Å². The average Bonchev–Trinajstić information content (AvgIpc) is 0.831. The molecule has 0 fully saturated rings. The summed E-state index contributed by atoms with van der Waals surface area (Å²) in [4.78, 5) is 111. The molecule has 0 unspecified atom stereocenters. The monoisotopic (exact) mass is 1390 g/mol. The summed E-state index contributed by atoms with van der Waals surface area (Å²) >= 11 is 0. The largest absolute Gasteiger partial charge is 0.508 e. The van der Waals surface area contributed by atoms with Gasteiger partial charge in [0.15, 0.2) is 5.75 Å². The van der Waals surface area contributed by atoms with Gasteiger partial charge in [-0.15, -0.1) is 0 Å². The maximum Gasteiger partial charge on any atom is 0.339 e. The molecule has 0 aliphatic heterocycles. The number of nitrogens with zero attached hydrogens (tertiary/aromatic N) is 3. The Morgan fingerprint density at radius 1 is 0.323 bits per heavy atom. The van der Waals surface area contributed by atoms with E-state index >= 15 is 0 Å². The predicted molar refractivity (Wildman–Crippen MR) is 359 cm³/mol. The number of carboxylic acid groups (broad SMARTS) is 8. The summed E-state index contributed by atoms with van der Waals surface area (Å²) in [6, 6.07) is 24.1. The van der Waals surface area contributed by atoms with Gasteiger partial charge in [-0.05, 0) is 117 Å². The van der Waals surface area contributed by atoms with Crippen molar-refractivity contribution in [1.29, 1.82) is 0 Å². The van der Waals surface area contributed by atoms with Crippen molar-refractivity contribution >= 4 is 64.8 Å². The van der Waals surface area contributed by atoms with Crippen molar-refractivity contribution in [2.75, 3.05) is 0 Å². The molecule has 0 heterocycles. The number of para-hydroxylation sites is 1. The van der Waals surface area contributed by atoms with Crippen LogP contribution in [0.1, 0.15) is 216 Å². The zero-order chi connectivity index (χ0) is 75.7. The Bertz CT molecular complexity index is 3420. The van der Waals surface area contributed by atoms with Crippen LogP contribution in [-0.2, 0) is 9.59 Å². The van der Waals surface area contributed by atoms with E-state index in [1.54, 1.807) is 12.1 Å². The van der Waals surface area contributed by atoms with Crippen molar-refractivity contribution in [3.8, 4) is 34.5 Å². The topological polar surface area (TPSA) is 549 Å². The minimum atomic E-state index is -1.39. The fourth-order valence-corrected chi connectivity index (χ4v) is 8.00. The second-order valence-corrected chi connectivity index (χ2v) is 21.2. The number of aryl methyl sites for hydroxylation is 2. The molecular formula is C68H85N3O28. The lowest BCUT2D eigenvalue weighted by molar-refractivity contribution is -0.386. The van der Waals surface area contributed by atoms with E-state index in [4.69, 9.17) is 61.3 Å². The minimum Gasteiger partial charge on any atom is -0.508 e. The lowest BCUT2D eigenvalue weighted by Crippen LogP contribution is -2.00. The molecule has 0 saturated heterocycles. The zero-order valence-electron chi connectivity index (χ0n) is 54.9. The number of carbonyl (C=O) groups is 8. The first-order chi connectivity index (χ1) is 46.5. The minimum absolute atomic E-state index is 0.0279. The number of aromatic hydroxyl groups is 6. The number of hydrogen-bond acceptors (Lipinski definition) is 20. The van der Waals surface area contributed by atoms with E-state index in [2.05, 4.69) is 13.8 Å². The predicted octanol–water partition coefficient (Wildman–Crippen LogP) is 14.9. The molecule has 6 rings (SSSR count). The molecule has 0 aliphatic carbocycles. The van der Waals surface area contributed by atoms with Gasteiger partial charge < -0.3 is 71.5 Å².